The Bertz CT molecular complexity index is 771. The number of hydrogen-bond donors (Lipinski definition) is 0. The predicted octanol–water partition coefficient (Wildman–Crippen LogP) is 1.07. The van der Waals surface area contributed by atoms with E-state index in [0.29, 0.717) is 26.1 Å². The van der Waals surface area contributed by atoms with Crippen LogP contribution in [0.1, 0.15) is 38.4 Å². The summed E-state index contributed by atoms with van der Waals surface area (Å²) in [6.07, 6.45) is 2.36. The monoisotopic (exact) mass is 382 g/mol. The van der Waals surface area contributed by atoms with Crippen molar-refractivity contribution < 1.29 is 13.2 Å². The van der Waals surface area contributed by atoms with E-state index in [1.54, 1.807) is 0 Å². The fourth-order valence-electron chi connectivity index (χ4n) is 4.18. The molecule has 0 aliphatic carbocycles. The van der Waals surface area contributed by atoms with Gasteiger partial charge in [0.1, 0.15) is 0 Å². The van der Waals surface area contributed by atoms with Crippen LogP contribution in [0.5, 0.6) is 0 Å². The van der Waals surface area contributed by atoms with E-state index in [4.69, 9.17) is 0 Å². The van der Waals surface area contributed by atoms with Gasteiger partial charge in [-0.2, -0.15) is 5.10 Å². The van der Waals surface area contributed by atoms with Crippen LogP contribution in [-0.4, -0.2) is 70.6 Å². The number of rotatable bonds is 5. The van der Waals surface area contributed by atoms with Gasteiger partial charge in [0, 0.05) is 49.9 Å². The molecule has 26 heavy (non-hydrogen) atoms. The molecule has 0 spiro atoms. The lowest BCUT2D eigenvalue weighted by Crippen LogP contribution is -2.60. The van der Waals surface area contributed by atoms with Gasteiger partial charge >= 0.3 is 0 Å². The number of sulfone groups is 1. The van der Waals surface area contributed by atoms with E-state index in [9.17, 15) is 13.2 Å². The Balaban J connectivity index is 1.80. The molecule has 0 bridgehead atoms. The normalized spacial score (nSPS) is 25.7. The first-order valence-electron chi connectivity index (χ1n) is 9.47. The molecule has 2 aliphatic heterocycles. The second-order valence-electron chi connectivity index (χ2n) is 7.94. The fourth-order valence-corrected chi connectivity index (χ4v) is 6.19. The quantitative estimate of drug-likeness (QED) is 0.761. The molecule has 3 heterocycles. The van der Waals surface area contributed by atoms with Crippen LogP contribution in [-0.2, 0) is 27.7 Å². The summed E-state index contributed by atoms with van der Waals surface area (Å²) in [4.78, 5) is 16.7. The smallest absolute Gasteiger partial charge is 0.223 e. The third kappa shape index (κ3) is 3.81. The van der Waals surface area contributed by atoms with Crippen LogP contribution in [0, 0.1) is 12.8 Å². The van der Waals surface area contributed by atoms with Crippen molar-refractivity contribution in [1.82, 2.24) is 19.6 Å². The molecule has 0 N–H and O–H groups in total. The molecule has 0 saturated carbocycles. The fraction of sp³-hybridized carbons (Fsp3) is 0.778. The van der Waals surface area contributed by atoms with Crippen LogP contribution < -0.4 is 0 Å². The van der Waals surface area contributed by atoms with Gasteiger partial charge in [-0.1, -0.05) is 13.8 Å². The van der Waals surface area contributed by atoms with Crippen molar-refractivity contribution in [3.8, 4) is 0 Å². The lowest BCUT2D eigenvalue weighted by molar-refractivity contribution is -0.137. The lowest BCUT2D eigenvalue weighted by atomic mass is 10.0. The second kappa shape index (κ2) is 7.31. The summed E-state index contributed by atoms with van der Waals surface area (Å²) in [6.45, 7) is 11.0. The van der Waals surface area contributed by atoms with E-state index < -0.39 is 9.84 Å². The van der Waals surface area contributed by atoms with E-state index in [1.807, 2.05) is 29.6 Å². The Morgan fingerprint density at radius 1 is 1.27 bits per heavy atom. The average molecular weight is 383 g/mol. The van der Waals surface area contributed by atoms with Crippen LogP contribution in [0.4, 0.5) is 0 Å². The van der Waals surface area contributed by atoms with Gasteiger partial charge < -0.3 is 4.90 Å². The zero-order valence-corrected chi connectivity index (χ0v) is 17.0. The maximum absolute atomic E-state index is 12.6. The van der Waals surface area contributed by atoms with Crippen LogP contribution in [0.25, 0.3) is 0 Å². The number of hydrogen-bond acceptors (Lipinski definition) is 5. The van der Waals surface area contributed by atoms with Crippen molar-refractivity contribution in [3.63, 3.8) is 0 Å². The van der Waals surface area contributed by atoms with Crippen LogP contribution in [0.3, 0.4) is 0 Å². The first-order valence-corrected chi connectivity index (χ1v) is 11.3. The minimum Gasteiger partial charge on any atom is -0.336 e. The highest BCUT2D eigenvalue weighted by molar-refractivity contribution is 7.91. The number of amides is 1. The van der Waals surface area contributed by atoms with E-state index in [1.165, 1.54) is 0 Å². The molecule has 1 amide bonds. The van der Waals surface area contributed by atoms with Crippen LogP contribution in [0.2, 0.25) is 0 Å². The maximum Gasteiger partial charge on any atom is 0.223 e. The minimum absolute atomic E-state index is 0.0849. The molecule has 0 radical (unpaired) electrons. The molecule has 146 valence electrons. The van der Waals surface area contributed by atoms with Crippen LogP contribution >= 0.6 is 0 Å². The van der Waals surface area contributed by atoms with Gasteiger partial charge in [0.25, 0.3) is 0 Å². The van der Waals surface area contributed by atoms with E-state index in [2.05, 4.69) is 23.8 Å². The van der Waals surface area contributed by atoms with Crippen LogP contribution in [0.15, 0.2) is 6.20 Å². The maximum atomic E-state index is 12.6. The number of fused-ring (bicyclic) bond motifs is 1. The molecule has 8 heteroatoms. The average Bonchev–Trinajstić information content (AvgIpc) is 3.06. The van der Waals surface area contributed by atoms with Gasteiger partial charge in [0.2, 0.25) is 5.91 Å². The Kier molecular flexibility index (Phi) is 5.44. The summed E-state index contributed by atoms with van der Waals surface area (Å²) in [5.74, 6) is 0.594. The van der Waals surface area contributed by atoms with Gasteiger partial charge in [0.15, 0.2) is 9.84 Å². The summed E-state index contributed by atoms with van der Waals surface area (Å²) >= 11 is 0. The van der Waals surface area contributed by atoms with Crippen molar-refractivity contribution in [2.45, 2.75) is 59.3 Å². The topological polar surface area (TPSA) is 75.5 Å². The number of nitrogens with zero attached hydrogens (tertiary/aromatic N) is 4. The number of piperazine rings is 1. The lowest BCUT2D eigenvalue weighted by Gasteiger charge is -2.44. The minimum atomic E-state index is -3.11. The third-order valence-electron chi connectivity index (χ3n) is 5.57. The standard InChI is InChI=1S/C18H30N4O3S/c1-5-22-14(4)15(9-19-22)10-20-6-7-21(18(23)8-13(2)3)17-12-26(24,25)11-16(17)20/h9,13,16-17H,5-8,10-12H2,1-4H3/t16-,17+/m0/s1. The highest BCUT2D eigenvalue weighted by Crippen LogP contribution is 2.29. The van der Waals surface area contributed by atoms with E-state index in [-0.39, 0.29) is 35.4 Å². The summed E-state index contributed by atoms with van der Waals surface area (Å²) in [5, 5.41) is 4.40. The Hall–Kier alpha value is -1.41. The Morgan fingerprint density at radius 2 is 1.96 bits per heavy atom. The van der Waals surface area contributed by atoms with Gasteiger partial charge in [-0.15, -0.1) is 0 Å². The number of aromatic nitrogens is 2. The summed E-state index contributed by atoms with van der Waals surface area (Å²) < 4.78 is 26.6. The molecular formula is C18H30N4O3S. The Labute approximate surface area is 156 Å². The SMILES string of the molecule is CCn1ncc(CN2CCN(C(=O)CC(C)C)[C@@H]3CS(=O)(=O)C[C@@H]32)c1C. The number of aryl methyl sites for hydroxylation is 1. The van der Waals surface area contributed by atoms with Crippen molar-refractivity contribution in [3.05, 3.63) is 17.5 Å². The van der Waals surface area contributed by atoms with Gasteiger partial charge in [-0.25, -0.2) is 8.42 Å². The number of carbonyl (C=O) groups is 1. The highest BCUT2D eigenvalue weighted by atomic mass is 32.2. The molecule has 1 aromatic heterocycles. The third-order valence-corrected chi connectivity index (χ3v) is 7.27. The van der Waals surface area contributed by atoms with Crippen molar-refractivity contribution in [2.24, 2.45) is 5.92 Å². The predicted molar refractivity (Wildman–Crippen MR) is 100 cm³/mol. The van der Waals surface area contributed by atoms with Gasteiger partial charge in [-0.3, -0.25) is 14.4 Å². The second-order valence-corrected chi connectivity index (χ2v) is 10.1. The summed E-state index contributed by atoms with van der Waals surface area (Å²) in [6, 6.07) is -0.337. The molecular weight excluding hydrogens is 352 g/mol. The molecule has 2 aliphatic rings. The first-order chi connectivity index (χ1) is 12.2. The van der Waals surface area contributed by atoms with Crippen molar-refractivity contribution in [1.29, 1.82) is 0 Å². The Morgan fingerprint density at radius 3 is 2.58 bits per heavy atom. The molecule has 0 aromatic carbocycles. The molecule has 2 fully saturated rings. The largest absolute Gasteiger partial charge is 0.336 e. The first kappa shape index (κ1) is 19.4. The summed E-state index contributed by atoms with van der Waals surface area (Å²) in [7, 11) is -3.11. The molecule has 3 rings (SSSR count). The van der Waals surface area contributed by atoms with E-state index >= 15 is 0 Å². The van der Waals surface area contributed by atoms with Gasteiger partial charge in [0.05, 0.1) is 23.7 Å². The van der Waals surface area contributed by atoms with E-state index in [0.717, 1.165) is 17.8 Å². The zero-order valence-electron chi connectivity index (χ0n) is 16.2. The molecule has 7 nitrogen and oxygen atoms in total. The van der Waals surface area contributed by atoms with Crippen molar-refractivity contribution in [2.75, 3.05) is 24.6 Å². The molecule has 0 unspecified atom stereocenters. The highest BCUT2D eigenvalue weighted by Gasteiger charge is 2.47. The zero-order chi connectivity index (χ0) is 19.1. The van der Waals surface area contributed by atoms with Crippen molar-refractivity contribution >= 4 is 15.7 Å². The van der Waals surface area contributed by atoms with Gasteiger partial charge in [-0.05, 0) is 19.8 Å². The molecule has 2 saturated heterocycles. The summed E-state index contributed by atoms with van der Waals surface area (Å²) in [5.41, 5.74) is 2.26. The molecule has 2 atom stereocenters. The number of carbonyl (C=O) groups excluding carboxylic acids is 1. The molecule has 1 aromatic rings.